The molecule has 0 saturated heterocycles. The van der Waals surface area contributed by atoms with Crippen LogP contribution in [-0.2, 0) is 9.63 Å². The Labute approximate surface area is 158 Å². The van der Waals surface area contributed by atoms with E-state index in [4.69, 9.17) is 26.9 Å². The van der Waals surface area contributed by atoms with Crippen molar-refractivity contribution in [1.29, 1.82) is 0 Å². The van der Waals surface area contributed by atoms with Crippen LogP contribution in [0.15, 0.2) is 53.7 Å². The monoisotopic (exact) mass is 458 g/mol. The summed E-state index contributed by atoms with van der Waals surface area (Å²) in [7, 11) is 0. The Hall–Kier alpha value is -1.80. The van der Waals surface area contributed by atoms with Crippen LogP contribution in [0.2, 0.25) is 5.02 Å². The lowest BCUT2D eigenvalue weighted by Crippen LogP contribution is -2.39. The highest BCUT2D eigenvalue weighted by atomic mass is 127. The molecule has 0 heterocycles. The number of halogens is 2. The number of carbonyl (C=O) groups excluding carboxylic acids is 1. The van der Waals surface area contributed by atoms with Crippen LogP contribution in [0.4, 0.5) is 0 Å². The summed E-state index contributed by atoms with van der Waals surface area (Å²) in [5, 5.41) is 4.27. The molecule has 0 fully saturated rings. The number of benzene rings is 2. The van der Waals surface area contributed by atoms with Crippen LogP contribution < -0.4 is 10.5 Å². The third-order valence-corrected chi connectivity index (χ3v) is 4.02. The SMILES string of the molecule is CC(C)(Oc1ccc(Cl)cc1)C(=O)ON=C(N)c1ccc(I)cc1. The molecule has 2 aromatic carbocycles. The number of nitrogens with two attached hydrogens (primary N) is 1. The van der Waals surface area contributed by atoms with Gasteiger partial charge in [-0.3, -0.25) is 0 Å². The molecule has 24 heavy (non-hydrogen) atoms. The minimum absolute atomic E-state index is 0.113. The highest BCUT2D eigenvalue weighted by Crippen LogP contribution is 2.21. The van der Waals surface area contributed by atoms with Crippen molar-refractivity contribution in [1.82, 2.24) is 0 Å². The van der Waals surface area contributed by atoms with Crippen LogP contribution in [-0.4, -0.2) is 17.4 Å². The maximum atomic E-state index is 12.2. The predicted molar refractivity (Wildman–Crippen MR) is 102 cm³/mol. The maximum absolute atomic E-state index is 12.2. The van der Waals surface area contributed by atoms with E-state index in [1.807, 2.05) is 12.1 Å². The second-order valence-electron chi connectivity index (χ2n) is 5.43. The molecule has 0 atom stereocenters. The number of ether oxygens (including phenoxy) is 1. The summed E-state index contributed by atoms with van der Waals surface area (Å²) < 4.78 is 6.70. The average Bonchev–Trinajstić information content (AvgIpc) is 2.55. The number of hydrogen-bond acceptors (Lipinski definition) is 4. The molecular weight excluding hydrogens is 443 g/mol. The van der Waals surface area contributed by atoms with E-state index in [0.717, 1.165) is 3.57 Å². The minimum Gasteiger partial charge on any atom is -0.476 e. The first-order valence-electron chi connectivity index (χ1n) is 7.03. The van der Waals surface area contributed by atoms with E-state index in [0.29, 0.717) is 16.3 Å². The fourth-order valence-corrected chi connectivity index (χ4v) is 2.20. The second-order valence-corrected chi connectivity index (χ2v) is 7.11. The molecule has 0 spiro atoms. The molecule has 0 aliphatic carbocycles. The van der Waals surface area contributed by atoms with Gasteiger partial charge in [0.25, 0.3) is 0 Å². The topological polar surface area (TPSA) is 73.9 Å². The Morgan fingerprint density at radius 3 is 2.29 bits per heavy atom. The van der Waals surface area contributed by atoms with Crippen molar-refractivity contribution in [2.45, 2.75) is 19.4 Å². The summed E-state index contributed by atoms with van der Waals surface area (Å²) in [5.74, 6) is -0.0520. The number of rotatable bonds is 5. The van der Waals surface area contributed by atoms with Gasteiger partial charge < -0.3 is 15.3 Å². The van der Waals surface area contributed by atoms with Gasteiger partial charge in [0.1, 0.15) is 5.75 Å². The lowest BCUT2D eigenvalue weighted by atomic mass is 10.1. The minimum atomic E-state index is -1.23. The molecule has 126 valence electrons. The fourth-order valence-electron chi connectivity index (χ4n) is 1.71. The van der Waals surface area contributed by atoms with Crippen LogP contribution in [0.1, 0.15) is 19.4 Å². The molecule has 0 saturated carbocycles. The number of carbonyl (C=O) groups is 1. The van der Waals surface area contributed by atoms with E-state index in [1.54, 1.807) is 50.2 Å². The van der Waals surface area contributed by atoms with Crippen molar-refractivity contribution in [3.63, 3.8) is 0 Å². The van der Waals surface area contributed by atoms with Gasteiger partial charge in [0.05, 0.1) is 0 Å². The molecule has 0 aliphatic rings. The maximum Gasteiger partial charge on any atom is 0.377 e. The van der Waals surface area contributed by atoms with Gasteiger partial charge in [-0.2, -0.15) is 0 Å². The Morgan fingerprint density at radius 1 is 1.12 bits per heavy atom. The Balaban J connectivity index is 2.02. The highest BCUT2D eigenvalue weighted by Gasteiger charge is 2.32. The predicted octanol–water partition coefficient (Wildman–Crippen LogP) is 3.97. The first-order chi connectivity index (χ1) is 11.3. The van der Waals surface area contributed by atoms with Crippen molar-refractivity contribution in [3.8, 4) is 5.75 Å². The van der Waals surface area contributed by atoms with E-state index >= 15 is 0 Å². The van der Waals surface area contributed by atoms with E-state index in [-0.39, 0.29) is 5.84 Å². The highest BCUT2D eigenvalue weighted by molar-refractivity contribution is 14.1. The first kappa shape index (κ1) is 18.5. The molecule has 0 aromatic heterocycles. The van der Waals surface area contributed by atoms with Crippen LogP contribution >= 0.6 is 34.2 Å². The van der Waals surface area contributed by atoms with Gasteiger partial charge in [0, 0.05) is 14.2 Å². The Morgan fingerprint density at radius 2 is 1.71 bits per heavy atom. The van der Waals surface area contributed by atoms with Gasteiger partial charge in [-0.05, 0) is 72.8 Å². The van der Waals surface area contributed by atoms with Gasteiger partial charge >= 0.3 is 5.97 Å². The molecule has 2 aromatic rings. The summed E-state index contributed by atoms with van der Waals surface area (Å²) in [5.41, 5.74) is 5.25. The number of nitrogens with zero attached hydrogens (tertiary/aromatic N) is 1. The zero-order chi connectivity index (χ0) is 17.7. The molecule has 0 unspecified atom stereocenters. The van der Waals surface area contributed by atoms with Crippen molar-refractivity contribution >= 4 is 46.0 Å². The molecule has 2 N–H and O–H groups in total. The molecule has 5 nitrogen and oxygen atoms in total. The van der Waals surface area contributed by atoms with Gasteiger partial charge in [0.15, 0.2) is 5.84 Å². The molecule has 2 rings (SSSR count). The number of amidine groups is 1. The fraction of sp³-hybridized carbons (Fsp3) is 0.176. The quantitative estimate of drug-likeness (QED) is 0.242. The normalized spacial score (nSPS) is 11.9. The summed E-state index contributed by atoms with van der Waals surface area (Å²) in [6.07, 6.45) is 0. The first-order valence-corrected chi connectivity index (χ1v) is 8.49. The molecule has 0 bridgehead atoms. The lowest BCUT2D eigenvalue weighted by Gasteiger charge is -2.22. The Bertz CT molecular complexity index is 743. The van der Waals surface area contributed by atoms with Gasteiger partial charge in [-0.15, -0.1) is 0 Å². The third kappa shape index (κ3) is 5.10. The van der Waals surface area contributed by atoms with E-state index in [1.165, 1.54) is 0 Å². The van der Waals surface area contributed by atoms with Crippen LogP contribution in [0.25, 0.3) is 0 Å². The van der Waals surface area contributed by atoms with Crippen molar-refractivity contribution in [3.05, 3.63) is 62.7 Å². The van der Waals surface area contributed by atoms with Crippen molar-refractivity contribution < 1.29 is 14.4 Å². The number of hydrogen-bond donors (Lipinski definition) is 1. The summed E-state index contributed by atoms with van der Waals surface area (Å²) >= 11 is 8.00. The molecule has 7 heteroatoms. The van der Waals surface area contributed by atoms with Crippen LogP contribution in [0.3, 0.4) is 0 Å². The van der Waals surface area contributed by atoms with Crippen molar-refractivity contribution in [2.24, 2.45) is 10.9 Å². The Kier molecular flexibility index (Phi) is 6.06. The summed E-state index contributed by atoms with van der Waals surface area (Å²) in [4.78, 5) is 17.1. The van der Waals surface area contributed by atoms with Crippen LogP contribution in [0, 0.1) is 3.57 Å². The molecule has 0 amide bonds. The van der Waals surface area contributed by atoms with Crippen molar-refractivity contribution in [2.75, 3.05) is 0 Å². The summed E-state index contributed by atoms with van der Waals surface area (Å²) in [6, 6.07) is 14.0. The standard InChI is InChI=1S/C17H16ClIN2O3/c1-17(2,23-14-9-5-12(18)6-10-14)16(22)24-21-15(20)11-3-7-13(19)8-4-11/h3-10H,1-2H3,(H2,20,21). The molecular formula is C17H16ClIN2O3. The zero-order valence-corrected chi connectivity index (χ0v) is 16.0. The molecule has 0 aliphatic heterocycles. The van der Waals surface area contributed by atoms with Gasteiger partial charge in [-0.1, -0.05) is 28.9 Å². The lowest BCUT2D eigenvalue weighted by molar-refractivity contribution is -0.159. The van der Waals surface area contributed by atoms with E-state index < -0.39 is 11.6 Å². The third-order valence-electron chi connectivity index (χ3n) is 3.05. The molecule has 0 radical (unpaired) electrons. The zero-order valence-electron chi connectivity index (χ0n) is 13.1. The number of oxime groups is 1. The van der Waals surface area contributed by atoms with E-state index in [2.05, 4.69) is 27.7 Å². The largest absolute Gasteiger partial charge is 0.476 e. The average molecular weight is 459 g/mol. The van der Waals surface area contributed by atoms with Gasteiger partial charge in [-0.25, -0.2) is 4.79 Å². The summed E-state index contributed by atoms with van der Waals surface area (Å²) in [6.45, 7) is 3.17. The van der Waals surface area contributed by atoms with Gasteiger partial charge in [0.2, 0.25) is 5.60 Å². The van der Waals surface area contributed by atoms with E-state index in [9.17, 15) is 4.79 Å². The smallest absolute Gasteiger partial charge is 0.377 e. The second kappa shape index (κ2) is 7.85. The van der Waals surface area contributed by atoms with Crippen LogP contribution in [0.5, 0.6) is 5.75 Å².